The molecule has 19 heavy (non-hydrogen) atoms. The van der Waals surface area contributed by atoms with Gasteiger partial charge in [0.05, 0.1) is 16.8 Å². The third-order valence-corrected chi connectivity index (χ3v) is 4.09. The molecule has 2 heterocycles. The predicted molar refractivity (Wildman–Crippen MR) is 76.1 cm³/mol. The van der Waals surface area contributed by atoms with Crippen molar-refractivity contribution in [3.8, 4) is 0 Å². The molecule has 2 atom stereocenters. The molecule has 0 radical (unpaired) electrons. The molecule has 2 aromatic rings. The molecule has 0 amide bonds. The topological polar surface area (TPSA) is 51.8 Å². The number of nitrogens with zero attached hydrogens (tertiary/aromatic N) is 2. The molecule has 2 N–H and O–H groups in total. The molecule has 1 aliphatic rings. The molecule has 4 heteroatoms. The number of hydrogen-bond donors (Lipinski definition) is 1. The van der Waals surface area contributed by atoms with E-state index in [1.165, 1.54) is 5.56 Å². The lowest BCUT2D eigenvalue weighted by molar-refractivity contribution is 0.456. The number of hydrogen-bond acceptors (Lipinski definition) is 3. The summed E-state index contributed by atoms with van der Waals surface area (Å²) >= 11 is 6.20. The van der Waals surface area contributed by atoms with Crippen molar-refractivity contribution in [2.45, 2.75) is 31.2 Å². The Balaban J connectivity index is 1.98. The highest BCUT2D eigenvalue weighted by molar-refractivity contribution is 6.31. The minimum atomic E-state index is -0.192. The average Bonchev–Trinajstić information content (AvgIpc) is 2.46. The lowest BCUT2D eigenvalue weighted by atomic mass is 9.81. The van der Waals surface area contributed by atoms with Gasteiger partial charge in [0.25, 0.3) is 0 Å². The molecule has 0 fully saturated rings. The normalized spacial score (nSPS) is 19.8. The van der Waals surface area contributed by atoms with Crippen LogP contribution < -0.4 is 5.73 Å². The van der Waals surface area contributed by atoms with Gasteiger partial charge in [0, 0.05) is 24.0 Å². The Kier molecular flexibility index (Phi) is 3.49. The van der Waals surface area contributed by atoms with Crippen LogP contribution in [0.2, 0.25) is 5.02 Å². The molecule has 0 saturated carbocycles. The zero-order chi connectivity index (χ0) is 13.2. The number of halogens is 1. The van der Waals surface area contributed by atoms with Crippen LogP contribution in [-0.2, 0) is 6.42 Å². The van der Waals surface area contributed by atoms with Gasteiger partial charge in [0.2, 0.25) is 0 Å². The monoisotopic (exact) mass is 273 g/mol. The number of rotatable bonds is 2. The Labute approximate surface area is 117 Å². The van der Waals surface area contributed by atoms with Crippen LogP contribution in [-0.4, -0.2) is 9.97 Å². The minimum Gasteiger partial charge on any atom is -0.322 e. The van der Waals surface area contributed by atoms with Gasteiger partial charge < -0.3 is 5.73 Å². The van der Waals surface area contributed by atoms with E-state index in [9.17, 15) is 0 Å². The van der Waals surface area contributed by atoms with Crippen molar-refractivity contribution < 1.29 is 0 Å². The van der Waals surface area contributed by atoms with Gasteiger partial charge in [-0.15, -0.1) is 0 Å². The third-order valence-electron chi connectivity index (χ3n) is 3.77. The van der Waals surface area contributed by atoms with Crippen molar-refractivity contribution in [3.05, 3.63) is 58.6 Å². The summed E-state index contributed by atoms with van der Waals surface area (Å²) in [5.41, 5.74) is 9.59. The molecular weight excluding hydrogens is 258 g/mol. The Morgan fingerprint density at radius 2 is 2.00 bits per heavy atom. The average molecular weight is 274 g/mol. The SMILES string of the molecule is NC(c1ncccc1Cl)C1CCCc2cccnc21. The molecule has 0 aliphatic heterocycles. The van der Waals surface area contributed by atoms with Crippen LogP contribution in [0.5, 0.6) is 0 Å². The van der Waals surface area contributed by atoms with Gasteiger partial charge in [0.15, 0.2) is 0 Å². The fraction of sp³-hybridized carbons (Fsp3) is 0.333. The number of pyridine rings is 2. The summed E-state index contributed by atoms with van der Waals surface area (Å²) in [7, 11) is 0. The smallest absolute Gasteiger partial charge is 0.0763 e. The summed E-state index contributed by atoms with van der Waals surface area (Å²) in [5.74, 6) is 0.206. The van der Waals surface area contributed by atoms with E-state index in [0.717, 1.165) is 30.7 Å². The zero-order valence-corrected chi connectivity index (χ0v) is 11.3. The van der Waals surface area contributed by atoms with Crippen molar-refractivity contribution in [2.24, 2.45) is 5.73 Å². The fourth-order valence-corrected chi connectivity index (χ4v) is 3.08. The first-order valence-corrected chi connectivity index (χ1v) is 6.95. The largest absolute Gasteiger partial charge is 0.322 e. The van der Waals surface area contributed by atoms with Crippen molar-refractivity contribution >= 4 is 11.6 Å². The first-order valence-electron chi connectivity index (χ1n) is 6.57. The van der Waals surface area contributed by atoms with E-state index < -0.39 is 0 Å². The zero-order valence-electron chi connectivity index (χ0n) is 10.6. The van der Waals surface area contributed by atoms with Gasteiger partial charge in [-0.25, -0.2) is 0 Å². The standard InChI is InChI=1S/C15H16ClN3/c16-12-7-3-9-19-15(12)13(17)11-6-1-4-10-5-2-8-18-14(10)11/h2-3,5,7-9,11,13H,1,4,6,17H2. The van der Waals surface area contributed by atoms with Crippen LogP contribution in [0.25, 0.3) is 0 Å². The Morgan fingerprint density at radius 1 is 1.21 bits per heavy atom. The van der Waals surface area contributed by atoms with E-state index in [1.807, 2.05) is 24.4 Å². The number of nitrogens with two attached hydrogens (primary N) is 1. The maximum atomic E-state index is 6.40. The van der Waals surface area contributed by atoms with E-state index in [2.05, 4.69) is 16.0 Å². The minimum absolute atomic E-state index is 0.192. The lowest BCUT2D eigenvalue weighted by Gasteiger charge is -2.29. The molecule has 3 nitrogen and oxygen atoms in total. The lowest BCUT2D eigenvalue weighted by Crippen LogP contribution is -2.25. The molecule has 98 valence electrons. The van der Waals surface area contributed by atoms with Crippen LogP contribution in [0, 0.1) is 0 Å². The highest BCUT2D eigenvalue weighted by Gasteiger charge is 2.29. The Bertz CT molecular complexity index is 585. The van der Waals surface area contributed by atoms with Crippen molar-refractivity contribution in [3.63, 3.8) is 0 Å². The van der Waals surface area contributed by atoms with Gasteiger partial charge >= 0.3 is 0 Å². The van der Waals surface area contributed by atoms with Crippen LogP contribution >= 0.6 is 11.6 Å². The van der Waals surface area contributed by atoms with Crippen LogP contribution in [0.1, 0.15) is 41.8 Å². The van der Waals surface area contributed by atoms with Crippen molar-refractivity contribution in [2.75, 3.05) is 0 Å². The van der Waals surface area contributed by atoms with Crippen molar-refractivity contribution in [1.29, 1.82) is 0 Å². The summed E-state index contributed by atoms with van der Waals surface area (Å²) in [6, 6.07) is 7.60. The second kappa shape index (κ2) is 5.27. The van der Waals surface area contributed by atoms with Crippen LogP contribution in [0.3, 0.4) is 0 Å². The molecule has 0 aromatic carbocycles. The quantitative estimate of drug-likeness (QED) is 0.914. The van der Waals surface area contributed by atoms with E-state index in [0.29, 0.717) is 5.02 Å². The van der Waals surface area contributed by atoms with Crippen molar-refractivity contribution in [1.82, 2.24) is 9.97 Å². The molecule has 2 unspecified atom stereocenters. The predicted octanol–water partition coefficient (Wildman–Crippen LogP) is 3.25. The van der Waals surface area contributed by atoms with Gasteiger partial charge in [-0.3, -0.25) is 9.97 Å². The van der Waals surface area contributed by atoms with Gasteiger partial charge in [-0.2, -0.15) is 0 Å². The van der Waals surface area contributed by atoms with E-state index in [-0.39, 0.29) is 12.0 Å². The Hall–Kier alpha value is -1.45. The molecule has 1 aliphatic carbocycles. The highest BCUT2D eigenvalue weighted by Crippen LogP contribution is 2.38. The molecular formula is C15H16ClN3. The second-order valence-corrected chi connectivity index (χ2v) is 5.35. The van der Waals surface area contributed by atoms with Crippen LogP contribution in [0.4, 0.5) is 0 Å². The molecule has 0 saturated heterocycles. The summed E-state index contributed by atoms with van der Waals surface area (Å²) in [6.45, 7) is 0. The van der Waals surface area contributed by atoms with Gasteiger partial charge in [0.1, 0.15) is 0 Å². The molecule has 0 spiro atoms. The van der Waals surface area contributed by atoms with E-state index in [4.69, 9.17) is 17.3 Å². The summed E-state index contributed by atoms with van der Waals surface area (Å²) < 4.78 is 0. The number of aryl methyl sites for hydroxylation is 1. The molecule has 0 bridgehead atoms. The molecule has 2 aromatic heterocycles. The van der Waals surface area contributed by atoms with E-state index in [1.54, 1.807) is 6.20 Å². The third kappa shape index (κ3) is 2.36. The van der Waals surface area contributed by atoms with Gasteiger partial charge in [-0.1, -0.05) is 17.7 Å². The highest BCUT2D eigenvalue weighted by atomic mass is 35.5. The number of aromatic nitrogens is 2. The summed E-state index contributed by atoms with van der Waals surface area (Å²) in [6.07, 6.45) is 6.84. The summed E-state index contributed by atoms with van der Waals surface area (Å²) in [4.78, 5) is 8.87. The first-order chi connectivity index (χ1) is 9.27. The first kappa shape index (κ1) is 12.6. The Morgan fingerprint density at radius 3 is 2.84 bits per heavy atom. The van der Waals surface area contributed by atoms with Crippen LogP contribution in [0.15, 0.2) is 36.7 Å². The van der Waals surface area contributed by atoms with E-state index >= 15 is 0 Å². The maximum absolute atomic E-state index is 6.40. The molecule has 3 rings (SSSR count). The summed E-state index contributed by atoms with van der Waals surface area (Å²) in [5, 5.41) is 0.637. The fourth-order valence-electron chi connectivity index (χ4n) is 2.83. The van der Waals surface area contributed by atoms with Gasteiger partial charge in [-0.05, 0) is 43.0 Å². The number of fused-ring (bicyclic) bond motifs is 1. The maximum Gasteiger partial charge on any atom is 0.0763 e. The second-order valence-electron chi connectivity index (χ2n) is 4.94.